The second-order valence-electron chi connectivity index (χ2n) is 4.08. The van der Waals surface area contributed by atoms with Crippen molar-refractivity contribution in [2.45, 2.75) is 19.8 Å². The van der Waals surface area contributed by atoms with Gasteiger partial charge in [0.05, 0.1) is 5.69 Å². The molecule has 0 atom stereocenters. The average Bonchev–Trinajstić information content (AvgIpc) is 2.30. The Kier molecular flexibility index (Phi) is 2.86. The molecule has 0 saturated carbocycles. The number of rotatable bonds is 2. The van der Waals surface area contributed by atoms with Gasteiger partial charge in [-0.15, -0.1) is 0 Å². The summed E-state index contributed by atoms with van der Waals surface area (Å²) in [6.45, 7) is 4.32. The molecule has 1 aromatic heterocycles. The van der Waals surface area contributed by atoms with Crippen LogP contribution in [0, 0.1) is 0 Å². The molecule has 0 radical (unpaired) electrons. The lowest BCUT2D eigenvalue weighted by molar-refractivity contribution is 0.867. The summed E-state index contributed by atoms with van der Waals surface area (Å²) in [4.78, 5) is 10.9. The van der Waals surface area contributed by atoms with Gasteiger partial charge in [0.15, 0.2) is 0 Å². The minimum atomic E-state index is -0.178. The molecule has 16 heavy (non-hydrogen) atoms. The summed E-state index contributed by atoms with van der Waals surface area (Å²) in [7, 11) is 0. The van der Waals surface area contributed by atoms with Gasteiger partial charge in [-0.25, -0.2) is 5.10 Å². The SMILES string of the molecule is CC(C)c1ccc(-c2ccc(=O)[nH]n2)cc1. The first-order valence-electron chi connectivity index (χ1n) is 5.33. The summed E-state index contributed by atoms with van der Waals surface area (Å²) in [6, 6.07) is 11.4. The number of nitrogens with zero attached hydrogens (tertiary/aromatic N) is 1. The summed E-state index contributed by atoms with van der Waals surface area (Å²) < 4.78 is 0. The number of hydrogen-bond donors (Lipinski definition) is 1. The molecule has 1 heterocycles. The zero-order chi connectivity index (χ0) is 11.5. The Morgan fingerprint density at radius 3 is 2.25 bits per heavy atom. The van der Waals surface area contributed by atoms with E-state index in [-0.39, 0.29) is 5.56 Å². The van der Waals surface area contributed by atoms with E-state index >= 15 is 0 Å². The molecule has 0 saturated heterocycles. The maximum absolute atomic E-state index is 10.9. The van der Waals surface area contributed by atoms with Crippen LogP contribution in [0.3, 0.4) is 0 Å². The Morgan fingerprint density at radius 1 is 1.06 bits per heavy atom. The van der Waals surface area contributed by atoms with Crippen molar-refractivity contribution in [1.29, 1.82) is 0 Å². The Hall–Kier alpha value is -1.90. The highest BCUT2D eigenvalue weighted by Gasteiger charge is 2.01. The van der Waals surface area contributed by atoms with Gasteiger partial charge in [-0.05, 0) is 17.5 Å². The number of hydrogen-bond acceptors (Lipinski definition) is 2. The summed E-state index contributed by atoms with van der Waals surface area (Å²) in [6.07, 6.45) is 0. The number of nitrogens with one attached hydrogen (secondary N) is 1. The maximum atomic E-state index is 10.9. The third kappa shape index (κ3) is 2.19. The predicted octanol–water partition coefficient (Wildman–Crippen LogP) is 2.56. The van der Waals surface area contributed by atoms with E-state index in [1.165, 1.54) is 11.6 Å². The fourth-order valence-electron chi connectivity index (χ4n) is 1.54. The van der Waals surface area contributed by atoms with E-state index in [0.717, 1.165) is 11.3 Å². The molecular weight excluding hydrogens is 200 g/mol. The molecule has 82 valence electrons. The molecule has 0 aliphatic carbocycles. The summed E-state index contributed by atoms with van der Waals surface area (Å²) >= 11 is 0. The Bertz CT molecular complexity index is 506. The molecule has 1 N–H and O–H groups in total. The largest absolute Gasteiger partial charge is 0.268 e. The summed E-state index contributed by atoms with van der Waals surface area (Å²) in [5.74, 6) is 0.526. The van der Waals surface area contributed by atoms with Crippen LogP contribution >= 0.6 is 0 Å². The second kappa shape index (κ2) is 4.31. The van der Waals surface area contributed by atoms with Gasteiger partial charge in [0.1, 0.15) is 0 Å². The van der Waals surface area contributed by atoms with Gasteiger partial charge in [0.2, 0.25) is 0 Å². The molecule has 3 heteroatoms. The fraction of sp³-hybridized carbons (Fsp3) is 0.231. The van der Waals surface area contributed by atoms with Crippen molar-refractivity contribution in [2.24, 2.45) is 0 Å². The molecule has 0 bridgehead atoms. The van der Waals surface area contributed by atoms with Crippen molar-refractivity contribution >= 4 is 0 Å². The van der Waals surface area contributed by atoms with Crippen LogP contribution in [0.1, 0.15) is 25.3 Å². The smallest absolute Gasteiger partial charge is 0.264 e. The standard InChI is InChI=1S/C13H14N2O/c1-9(2)10-3-5-11(6-4-10)12-7-8-13(16)15-14-12/h3-9H,1-2H3,(H,15,16). The first-order chi connectivity index (χ1) is 7.66. The number of benzene rings is 1. The molecule has 0 aliphatic heterocycles. The molecule has 3 nitrogen and oxygen atoms in total. The highest BCUT2D eigenvalue weighted by atomic mass is 16.1. The van der Waals surface area contributed by atoms with E-state index < -0.39 is 0 Å². The lowest BCUT2D eigenvalue weighted by Crippen LogP contribution is -2.05. The van der Waals surface area contributed by atoms with Crippen LogP contribution in [-0.2, 0) is 0 Å². The van der Waals surface area contributed by atoms with Crippen LogP contribution in [0.25, 0.3) is 11.3 Å². The molecular formula is C13H14N2O. The van der Waals surface area contributed by atoms with E-state index in [1.54, 1.807) is 6.07 Å². The minimum Gasteiger partial charge on any atom is -0.268 e. The Labute approximate surface area is 94.2 Å². The average molecular weight is 214 g/mol. The Balaban J connectivity index is 2.34. The second-order valence-corrected chi connectivity index (χ2v) is 4.08. The number of H-pyrrole nitrogens is 1. The monoisotopic (exact) mass is 214 g/mol. The maximum Gasteiger partial charge on any atom is 0.264 e. The predicted molar refractivity (Wildman–Crippen MR) is 64.4 cm³/mol. The van der Waals surface area contributed by atoms with E-state index in [9.17, 15) is 4.79 Å². The van der Waals surface area contributed by atoms with Crippen molar-refractivity contribution in [3.63, 3.8) is 0 Å². The molecule has 1 aromatic carbocycles. The lowest BCUT2D eigenvalue weighted by atomic mass is 10.0. The lowest BCUT2D eigenvalue weighted by Gasteiger charge is -2.06. The van der Waals surface area contributed by atoms with Gasteiger partial charge >= 0.3 is 0 Å². The molecule has 2 aromatic rings. The van der Waals surface area contributed by atoms with Crippen molar-refractivity contribution in [3.05, 3.63) is 52.3 Å². The van der Waals surface area contributed by atoms with Crippen molar-refractivity contribution < 1.29 is 0 Å². The van der Waals surface area contributed by atoms with Gasteiger partial charge in [-0.2, -0.15) is 5.10 Å². The van der Waals surface area contributed by atoms with E-state index in [2.05, 4.69) is 36.2 Å². The van der Waals surface area contributed by atoms with Crippen LogP contribution in [0.15, 0.2) is 41.2 Å². The summed E-state index contributed by atoms with van der Waals surface area (Å²) in [5, 5.41) is 6.42. The molecule has 0 fully saturated rings. The third-order valence-electron chi connectivity index (χ3n) is 2.55. The van der Waals surface area contributed by atoms with E-state index in [1.807, 2.05) is 12.1 Å². The molecule has 2 rings (SSSR count). The van der Waals surface area contributed by atoms with Gasteiger partial charge in [-0.1, -0.05) is 38.1 Å². The van der Waals surface area contributed by atoms with Gasteiger partial charge in [0.25, 0.3) is 5.56 Å². The molecule has 0 unspecified atom stereocenters. The zero-order valence-corrected chi connectivity index (χ0v) is 9.40. The van der Waals surface area contributed by atoms with Crippen molar-refractivity contribution in [1.82, 2.24) is 10.2 Å². The normalized spacial score (nSPS) is 10.7. The van der Waals surface area contributed by atoms with Crippen LogP contribution < -0.4 is 5.56 Å². The van der Waals surface area contributed by atoms with E-state index in [0.29, 0.717) is 5.92 Å². The Morgan fingerprint density at radius 2 is 1.75 bits per heavy atom. The zero-order valence-electron chi connectivity index (χ0n) is 9.40. The van der Waals surface area contributed by atoms with Crippen LogP contribution in [0.5, 0.6) is 0 Å². The summed E-state index contributed by atoms with van der Waals surface area (Å²) in [5.41, 5.74) is 2.92. The van der Waals surface area contributed by atoms with Gasteiger partial charge in [-0.3, -0.25) is 4.79 Å². The topological polar surface area (TPSA) is 45.8 Å². The van der Waals surface area contributed by atoms with Crippen LogP contribution in [0.2, 0.25) is 0 Å². The minimum absolute atomic E-state index is 0.178. The van der Waals surface area contributed by atoms with Gasteiger partial charge in [0, 0.05) is 11.6 Å². The van der Waals surface area contributed by atoms with Crippen molar-refractivity contribution in [3.8, 4) is 11.3 Å². The van der Waals surface area contributed by atoms with Gasteiger partial charge < -0.3 is 0 Å². The first-order valence-corrected chi connectivity index (χ1v) is 5.33. The highest BCUT2D eigenvalue weighted by Crippen LogP contribution is 2.19. The van der Waals surface area contributed by atoms with Crippen LogP contribution in [-0.4, -0.2) is 10.2 Å². The number of aromatic nitrogens is 2. The molecule has 0 amide bonds. The highest BCUT2D eigenvalue weighted by molar-refractivity contribution is 5.58. The van der Waals surface area contributed by atoms with Crippen LogP contribution in [0.4, 0.5) is 0 Å². The van der Waals surface area contributed by atoms with E-state index in [4.69, 9.17) is 0 Å². The first kappa shape index (κ1) is 10.6. The third-order valence-corrected chi connectivity index (χ3v) is 2.55. The quantitative estimate of drug-likeness (QED) is 0.835. The molecule has 0 aliphatic rings. The fourth-order valence-corrected chi connectivity index (χ4v) is 1.54. The van der Waals surface area contributed by atoms with Crippen molar-refractivity contribution in [2.75, 3.05) is 0 Å². The number of aromatic amines is 1. The molecule has 0 spiro atoms.